The van der Waals surface area contributed by atoms with Gasteiger partial charge in [0.1, 0.15) is 11.8 Å². The monoisotopic (exact) mass is 345 g/mol. The summed E-state index contributed by atoms with van der Waals surface area (Å²) in [5, 5.41) is 0. The molecule has 2 aromatic carbocycles. The Morgan fingerprint density at radius 3 is 2.25 bits per heavy atom. The van der Waals surface area contributed by atoms with Crippen LogP contribution in [0.2, 0.25) is 0 Å². The first-order valence-electron chi connectivity index (χ1n) is 7.93. The summed E-state index contributed by atoms with van der Waals surface area (Å²) in [7, 11) is -3.72. The first-order chi connectivity index (χ1) is 11.6. The van der Waals surface area contributed by atoms with Crippen LogP contribution in [0.5, 0.6) is 5.75 Å². The van der Waals surface area contributed by atoms with Crippen LogP contribution in [0.1, 0.15) is 19.3 Å². The molecule has 5 nitrogen and oxygen atoms in total. The molecule has 0 amide bonds. The standard InChI is InChI=1S/C18H19NO4S/c20-18(23-15-9-3-1-4-10-15)17-13-7-8-14-19(17)24(21,22)16-11-5-2-6-12-16/h1-6,9-12,17H,7-8,13-14H2/t17-/m0/s1. The number of ether oxygens (including phenoxy) is 1. The molecular formula is C18H19NO4S. The molecule has 1 saturated heterocycles. The summed E-state index contributed by atoms with van der Waals surface area (Å²) in [6.07, 6.45) is 2.01. The number of rotatable bonds is 4. The summed E-state index contributed by atoms with van der Waals surface area (Å²) in [6, 6.07) is 16.1. The number of sulfonamides is 1. The quantitative estimate of drug-likeness (QED) is 0.631. The molecule has 126 valence electrons. The number of carbonyl (C=O) groups excluding carboxylic acids is 1. The molecule has 1 aliphatic heterocycles. The van der Waals surface area contributed by atoms with Gasteiger partial charge in [0.2, 0.25) is 10.0 Å². The van der Waals surface area contributed by atoms with Gasteiger partial charge in [-0.15, -0.1) is 0 Å². The van der Waals surface area contributed by atoms with Crippen LogP contribution in [-0.2, 0) is 14.8 Å². The molecule has 0 aliphatic carbocycles. The Bertz CT molecular complexity index is 790. The molecule has 0 unspecified atom stereocenters. The first kappa shape index (κ1) is 16.7. The minimum absolute atomic E-state index is 0.199. The van der Waals surface area contributed by atoms with Crippen LogP contribution < -0.4 is 4.74 Å². The van der Waals surface area contributed by atoms with E-state index in [1.165, 1.54) is 4.31 Å². The summed E-state index contributed by atoms with van der Waals surface area (Å²) in [5.74, 6) is -0.106. The second kappa shape index (κ2) is 7.15. The van der Waals surface area contributed by atoms with Gasteiger partial charge in [-0.3, -0.25) is 0 Å². The summed E-state index contributed by atoms with van der Waals surface area (Å²) in [4.78, 5) is 12.7. The number of benzene rings is 2. The summed E-state index contributed by atoms with van der Waals surface area (Å²) in [5.41, 5.74) is 0. The molecule has 1 fully saturated rings. The Hall–Kier alpha value is -2.18. The van der Waals surface area contributed by atoms with Crippen LogP contribution in [0, 0.1) is 0 Å². The molecule has 1 atom stereocenters. The Labute approximate surface area is 141 Å². The van der Waals surface area contributed by atoms with E-state index in [0.29, 0.717) is 18.7 Å². The predicted molar refractivity (Wildman–Crippen MR) is 90.0 cm³/mol. The molecule has 1 heterocycles. The van der Waals surface area contributed by atoms with E-state index in [-0.39, 0.29) is 4.90 Å². The van der Waals surface area contributed by atoms with Crippen molar-refractivity contribution in [1.29, 1.82) is 0 Å². The van der Waals surface area contributed by atoms with Gasteiger partial charge in [0, 0.05) is 6.54 Å². The van der Waals surface area contributed by atoms with Crippen LogP contribution in [0.3, 0.4) is 0 Å². The van der Waals surface area contributed by atoms with Gasteiger partial charge < -0.3 is 4.74 Å². The lowest BCUT2D eigenvalue weighted by molar-refractivity contribution is -0.139. The lowest BCUT2D eigenvalue weighted by atomic mass is 10.1. The zero-order valence-electron chi connectivity index (χ0n) is 13.2. The normalized spacial score (nSPS) is 18.9. The fourth-order valence-electron chi connectivity index (χ4n) is 2.83. The van der Waals surface area contributed by atoms with Gasteiger partial charge in [0.15, 0.2) is 0 Å². The molecule has 0 spiro atoms. The number of hydrogen-bond acceptors (Lipinski definition) is 4. The van der Waals surface area contributed by atoms with E-state index in [9.17, 15) is 13.2 Å². The van der Waals surface area contributed by atoms with Crippen molar-refractivity contribution in [1.82, 2.24) is 4.31 Å². The fraction of sp³-hybridized carbons (Fsp3) is 0.278. The fourth-order valence-corrected chi connectivity index (χ4v) is 4.50. The van der Waals surface area contributed by atoms with Crippen molar-refractivity contribution in [2.45, 2.75) is 30.2 Å². The Kier molecular flexibility index (Phi) is 4.97. The maximum Gasteiger partial charge on any atom is 0.329 e. The Balaban J connectivity index is 1.84. The highest BCUT2D eigenvalue weighted by molar-refractivity contribution is 7.89. The molecule has 0 saturated carbocycles. The zero-order valence-corrected chi connectivity index (χ0v) is 14.0. The van der Waals surface area contributed by atoms with Crippen LogP contribution in [0.25, 0.3) is 0 Å². The van der Waals surface area contributed by atoms with Crippen LogP contribution in [0.15, 0.2) is 65.6 Å². The number of para-hydroxylation sites is 1. The first-order valence-corrected chi connectivity index (χ1v) is 9.37. The van der Waals surface area contributed by atoms with Gasteiger partial charge in [-0.2, -0.15) is 4.31 Å². The number of carbonyl (C=O) groups is 1. The number of nitrogens with zero attached hydrogens (tertiary/aromatic N) is 1. The highest BCUT2D eigenvalue weighted by Gasteiger charge is 2.38. The average molecular weight is 345 g/mol. The topological polar surface area (TPSA) is 63.7 Å². The van der Waals surface area contributed by atoms with Crippen molar-refractivity contribution in [2.24, 2.45) is 0 Å². The van der Waals surface area contributed by atoms with Gasteiger partial charge in [0.25, 0.3) is 0 Å². The smallest absolute Gasteiger partial charge is 0.329 e. The maximum absolute atomic E-state index is 12.9. The summed E-state index contributed by atoms with van der Waals surface area (Å²) >= 11 is 0. The van der Waals surface area contributed by atoms with Crippen molar-refractivity contribution >= 4 is 16.0 Å². The second-order valence-electron chi connectivity index (χ2n) is 5.67. The van der Waals surface area contributed by atoms with Crippen molar-refractivity contribution in [3.8, 4) is 5.75 Å². The number of esters is 1. The van der Waals surface area contributed by atoms with E-state index in [2.05, 4.69) is 0 Å². The maximum atomic E-state index is 12.9. The van der Waals surface area contributed by atoms with Crippen molar-refractivity contribution in [3.05, 3.63) is 60.7 Å². The minimum Gasteiger partial charge on any atom is -0.425 e. The highest BCUT2D eigenvalue weighted by Crippen LogP contribution is 2.26. The zero-order chi connectivity index (χ0) is 17.0. The van der Waals surface area contributed by atoms with E-state index in [4.69, 9.17) is 4.74 Å². The molecular weight excluding hydrogens is 326 g/mol. The van der Waals surface area contributed by atoms with Crippen molar-refractivity contribution in [2.75, 3.05) is 6.54 Å². The van der Waals surface area contributed by atoms with E-state index in [0.717, 1.165) is 12.8 Å². The molecule has 0 N–H and O–H groups in total. The number of hydrogen-bond donors (Lipinski definition) is 0. The molecule has 0 radical (unpaired) electrons. The largest absolute Gasteiger partial charge is 0.425 e. The van der Waals surface area contributed by atoms with Crippen molar-refractivity contribution in [3.63, 3.8) is 0 Å². The highest BCUT2D eigenvalue weighted by atomic mass is 32.2. The molecule has 0 bridgehead atoms. The Morgan fingerprint density at radius 1 is 0.958 bits per heavy atom. The van der Waals surface area contributed by atoms with Crippen molar-refractivity contribution < 1.29 is 17.9 Å². The van der Waals surface area contributed by atoms with E-state index in [1.54, 1.807) is 54.6 Å². The van der Waals surface area contributed by atoms with Gasteiger partial charge in [-0.25, -0.2) is 13.2 Å². The van der Waals surface area contributed by atoms with Crippen LogP contribution in [0.4, 0.5) is 0 Å². The molecule has 24 heavy (non-hydrogen) atoms. The molecule has 1 aliphatic rings. The SMILES string of the molecule is O=C(Oc1ccccc1)[C@@H]1CCCCN1S(=O)(=O)c1ccccc1. The van der Waals surface area contributed by atoms with Gasteiger partial charge in [-0.1, -0.05) is 36.4 Å². The number of piperidine rings is 1. The minimum atomic E-state index is -3.72. The lowest BCUT2D eigenvalue weighted by Gasteiger charge is -2.32. The average Bonchev–Trinajstić information content (AvgIpc) is 2.63. The van der Waals surface area contributed by atoms with Crippen LogP contribution >= 0.6 is 0 Å². The molecule has 6 heteroatoms. The summed E-state index contributed by atoms with van der Waals surface area (Å²) < 4.78 is 32.4. The second-order valence-corrected chi connectivity index (χ2v) is 7.57. The lowest BCUT2D eigenvalue weighted by Crippen LogP contribution is -2.49. The van der Waals surface area contributed by atoms with Crippen LogP contribution in [-0.4, -0.2) is 31.3 Å². The predicted octanol–water partition coefficient (Wildman–Crippen LogP) is 2.84. The summed E-state index contributed by atoms with van der Waals surface area (Å²) in [6.45, 7) is 0.325. The third-order valence-corrected chi connectivity index (χ3v) is 5.96. The molecule has 0 aromatic heterocycles. The third-order valence-electron chi connectivity index (χ3n) is 4.04. The van der Waals surface area contributed by atoms with Gasteiger partial charge in [-0.05, 0) is 43.5 Å². The van der Waals surface area contributed by atoms with Gasteiger partial charge >= 0.3 is 5.97 Å². The molecule has 2 aromatic rings. The Morgan fingerprint density at radius 2 is 1.58 bits per heavy atom. The van der Waals surface area contributed by atoms with E-state index < -0.39 is 22.0 Å². The third kappa shape index (κ3) is 3.49. The van der Waals surface area contributed by atoms with E-state index in [1.807, 2.05) is 6.07 Å². The van der Waals surface area contributed by atoms with Gasteiger partial charge in [0.05, 0.1) is 4.90 Å². The molecule has 3 rings (SSSR count). The van der Waals surface area contributed by atoms with E-state index >= 15 is 0 Å².